The van der Waals surface area contributed by atoms with Crippen LogP contribution in [0.5, 0.6) is 0 Å². The van der Waals surface area contributed by atoms with Crippen molar-refractivity contribution in [1.82, 2.24) is 10.1 Å². The van der Waals surface area contributed by atoms with E-state index in [4.69, 9.17) is 9.26 Å². The van der Waals surface area contributed by atoms with Gasteiger partial charge in [-0.15, -0.1) is 0 Å². The number of amides is 1. The minimum atomic E-state index is -0.0234. The van der Waals surface area contributed by atoms with Gasteiger partial charge in [0.2, 0.25) is 0 Å². The molecule has 19 heavy (non-hydrogen) atoms. The van der Waals surface area contributed by atoms with Gasteiger partial charge in [0.05, 0.1) is 11.8 Å². The number of rotatable bonds is 4. The van der Waals surface area contributed by atoms with Gasteiger partial charge in [0.25, 0.3) is 5.91 Å². The molecule has 5 heteroatoms. The molecule has 0 saturated carbocycles. The summed E-state index contributed by atoms with van der Waals surface area (Å²) in [5, 5.41) is 3.88. The van der Waals surface area contributed by atoms with Crippen LogP contribution in [-0.4, -0.2) is 42.3 Å². The molecule has 1 saturated heterocycles. The van der Waals surface area contributed by atoms with Gasteiger partial charge in [0.1, 0.15) is 11.3 Å². The van der Waals surface area contributed by atoms with Crippen LogP contribution in [0, 0.1) is 6.92 Å². The molecule has 0 N–H and O–H groups in total. The Labute approximate surface area is 113 Å². The molecule has 1 amide bonds. The van der Waals surface area contributed by atoms with Crippen LogP contribution in [0.25, 0.3) is 0 Å². The van der Waals surface area contributed by atoms with E-state index in [2.05, 4.69) is 5.16 Å². The molecule has 0 aliphatic carbocycles. The summed E-state index contributed by atoms with van der Waals surface area (Å²) in [7, 11) is 1.81. The largest absolute Gasteiger partial charge is 0.376 e. The van der Waals surface area contributed by atoms with Crippen LogP contribution in [-0.2, 0) is 11.2 Å². The highest BCUT2D eigenvalue weighted by molar-refractivity contribution is 5.96. The third kappa shape index (κ3) is 3.15. The molecule has 1 aliphatic rings. The number of aromatic nitrogens is 1. The van der Waals surface area contributed by atoms with Crippen molar-refractivity contribution < 1.29 is 14.1 Å². The van der Waals surface area contributed by atoms with Crippen molar-refractivity contribution in [2.45, 2.75) is 45.6 Å². The molecule has 2 heterocycles. The first-order valence-corrected chi connectivity index (χ1v) is 6.95. The summed E-state index contributed by atoms with van der Waals surface area (Å²) in [6, 6.07) is 0. The van der Waals surface area contributed by atoms with E-state index in [0.29, 0.717) is 30.0 Å². The summed E-state index contributed by atoms with van der Waals surface area (Å²) in [6.45, 7) is 5.20. The van der Waals surface area contributed by atoms with Gasteiger partial charge >= 0.3 is 0 Å². The Morgan fingerprint density at radius 1 is 1.47 bits per heavy atom. The van der Waals surface area contributed by atoms with Crippen molar-refractivity contribution in [1.29, 1.82) is 0 Å². The zero-order valence-electron chi connectivity index (χ0n) is 11.9. The van der Waals surface area contributed by atoms with Gasteiger partial charge in [-0.25, -0.2) is 0 Å². The van der Waals surface area contributed by atoms with Crippen molar-refractivity contribution in [2.24, 2.45) is 0 Å². The number of hydrogen-bond acceptors (Lipinski definition) is 4. The average molecular weight is 266 g/mol. The highest BCUT2D eigenvalue weighted by atomic mass is 16.5. The number of aryl methyl sites for hydroxylation is 2. The van der Waals surface area contributed by atoms with Crippen molar-refractivity contribution in [3.05, 3.63) is 17.0 Å². The third-order valence-corrected chi connectivity index (χ3v) is 3.57. The lowest BCUT2D eigenvalue weighted by Crippen LogP contribution is -2.37. The number of ether oxygens (including phenoxy) is 1. The Morgan fingerprint density at radius 3 is 2.89 bits per heavy atom. The fourth-order valence-electron chi connectivity index (χ4n) is 2.46. The minimum absolute atomic E-state index is 0.0234. The van der Waals surface area contributed by atoms with Crippen LogP contribution in [0.3, 0.4) is 0 Å². The van der Waals surface area contributed by atoms with Crippen LogP contribution in [0.15, 0.2) is 4.52 Å². The van der Waals surface area contributed by atoms with Gasteiger partial charge in [0, 0.05) is 26.6 Å². The van der Waals surface area contributed by atoms with E-state index >= 15 is 0 Å². The van der Waals surface area contributed by atoms with E-state index in [1.807, 2.05) is 14.0 Å². The van der Waals surface area contributed by atoms with E-state index in [1.165, 1.54) is 6.42 Å². The fourth-order valence-corrected chi connectivity index (χ4v) is 2.46. The van der Waals surface area contributed by atoms with Gasteiger partial charge in [0.15, 0.2) is 0 Å². The third-order valence-electron chi connectivity index (χ3n) is 3.57. The minimum Gasteiger partial charge on any atom is -0.376 e. The quantitative estimate of drug-likeness (QED) is 0.838. The fraction of sp³-hybridized carbons (Fsp3) is 0.714. The standard InChI is InChI=1S/C14H22N2O3/c1-4-12-13(10(2)15-19-12)14(17)16(3)9-11-7-5-6-8-18-11/h11H,4-9H2,1-3H3. The maximum atomic E-state index is 12.5. The second kappa shape index (κ2) is 6.19. The summed E-state index contributed by atoms with van der Waals surface area (Å²) < 4.78 is 10.8. The zero-order valence-corrected chi connectivity index (χ0v) is 11.9. The van der Waals surface area contributed by atoms with Crippen molar-refractivity contribution in [3.63, 3.8) is 0 Å². The molecule has 2 rings (SSSR count). The Kier molecular flexibility index (Phi) is 4.58. The molecular formula is C14H22N2O3. The monoisotopic (exact) mass is 266 g/mol. The summed E-state index contributed by atoms with van der Waals surface area (Å²) >= 11 is 0. The topological polar surface area (TPSA) is 55.6 Å². The Bertz CT molecular complexity index is 436. The van der Waals surface area contributed by atoms with Crippen LogP contribution < -0.4 is 0 Å². The van der Waals surface area contributed by atoms with E-state index in [-0.39, 0.29) is 12.0 Å². The smallest absolute Gasteiger partial charge is 0.259 e. The molecule has 1 atom stereocenters. The lowest BCUT2D eigenvalue weighted by atomic mass is 10.1. The highest BCUT2D eigenvalue weighted by Gasteiger charge is 2.25. The second-order valence-electron chi connectivity index (χ2n) is 5.09. The lowest BCUT2D eigenvalue weighted by Gasteiger charge is -2.27. The first-order valence-electron chi connectivity index (χ1n) is 6.95. The van der Waals surface area contributed by atoms with Crippen molar-refractivity contribution in [3.8, 4) is 0 Å². The Morgan fingerprint density at radius 2 is 2.26 bits per heavy atom. The first-order chi connectivity index (χ1) is 9.13. The van der Waals surface area contributed by atoms with E-state index in [1.54, 1.807) is 11.8 Å². The van der Waals surface area contributed by atoms with Crippen molar-refractivity contribution >= 4 is 5.91 Å². The van der Waals surface area contributed by atoms with E-state index in [0.717, 1.165) is 19.4 Å². The molecule has 5 nitrogen and oxygen atoms in total. The Balaban J connectivity index is 2.03. The van der Waals surface area contributed by atoms with Crippen LogP contribution in [0.4, 0.5) is 0 Å². The predicted molar refractivity (Wildman–Crippen MR) is 71.2 cm³/mol. The molecular weight excluding hydrogens is 244 g/mol. The molecule has 0 radical (unpaired) electrons. The highest BCUT2D eigenvalue weighted by Crippen LogP contribution is 2.18. The van der Waals surface area contributed by atoms with Crippen LogP contribution in [0.1, 0.15) is 48.0 Å². The summed E-state index contributed by atoms with van der Waals surface area (Å²) in [5.74, 6) is 0.642. The van der Waals surface area contributed by atoms with Crippen LogP contribution in [0.2, 0.25) is 0 Å². The van der Waals surface area contributed by atoms with Gasteiger partial charge < -0.3 is 14.2 Å². The maximum absolute atomic E-state index is 12.5. The first kappa shape index (κ1) is 14.1. The molecule has 0 aromatic carbocycles. The number of carbonyl (C=O) groups excluding carboxylic acids is 1. The molecule has 0 spiro atoms. The Hall–Kier alpha value is -1.36. The van der Waals surface area contributed by atoms with Gasteiger partial charge in [-0.05, 0) is 26.2 Å². The SMILES string of the molecule is CCc1onc(C)c1C(=O)N(C)CC1CCCCO1. The normalized spacial score (nSPS) is 19.4. The maximum Gasteiger partial charge on any atom is 0.259 e. The zero-order chi connectivity index (χ0) is 13.8. The molecule has 1 unspecified atom stereocenters. The number of nitrogens with zero attached hydrogens (tertiary/aromatic N) is 2. The number of hydrogen-bond donors (Lipinski definition) is 0. The molecule has 1 fully saturated rings. The van der Waals surface area contributed by atoms with Gasteiger partial charge in [-0.3, -0.25) is 4.79 Å². The lowest BCUT2D eigenvalue weighted by molar-refractivity contribution is -0.000240. The molecule has 106 valence electrons. The summed E-state index contributed by atoms with van der Waals surface area (Å²) in [4.78, 5) is 14.2. The van der Waals surface area contributed by atoms with E-state index in [9.17, 15) is 4.79 Å². The average Bonchev–Trinajstić information content (AvgIpc) is 2.80. The second-order valence-corrected chi connectivity index (χ2v) is 5.09. The molecule has 1 aliphatic heterocycles. The number of likely N-dealkylation sites (N-methyl/N-ethyl adjacent to an activating group) is 1. The van der Waals surface area contributed by atoms with Gasteiger partial charge in [-0.2, -0.15) is 0 Å². The molecule has 1 aromatic rings. The van der Waals surface area contributed by atoms with E-state index < -0.39 is 0 Å². The van der Waals surface area contributed by atoms with Gasteiger partial charge in [-0.1, -0.05) is 12.1 Å². The van der Waals surface area contributed by atoms with Crippen LogP contribution >= 0.6 is 0 Å². The van der Waals surface area contributed by atoms with Crippen molar-refractivity contribution in [2.75, 3.05) is 20.2 Å². The summed E-state index contributed by atoms with van der Waals surface area (Å²) in [5.41, 5.74) is 1.28. The molecule has 0 bridgehead atoms. The number of carbonyl (C=O) groups is 1. The predicted octanol–water partition coefficient (Wildman–Crippen LogP) is 2.19. The summed E-state index contributed by atoms with van der Waals surface area (Å²) in [6.07, 6.45) is 4.17. The molecule has 1 aromatic heterocycles.